The lowest BCUT2D eigenvalue weighted by molar-refractivity contribution is 0.474. The van der Waals surface area contributed by atoms with Crippen LogP contribution in [0.4, 0.5) is 11.4 Å². The first-order valence-electron chi connectivity index (χ1n) is 5.12. The molecule has 0 bridgehead atoms. The number of nitrogens with two attached hydrogens (primary N) is 2. The molecule has 5 N–H and O–H groups in total. The van der Waals surface area contributed by atoms with E-state index < -0.39 is 0 Å². The number of phenols is 1. The van der Waals surface area contributed by atoms with Gasteiger partial charge in [0.1, 0.15) is 5.75 Å². The summed E-state index contributed by atoms with van der Waals surface area (Å²) >= 11 is 0. The summed E-state index contributed by atoms with van der Waals surface area (Å²) in [4.78, 5) is 0. The van der Waals surface area contributed by atoms with Crippen LogP contribution in [0.25, 0.3) is 0 Å². The smallest absolute Gasteiger partial charge is 0.133 e. The van der Waals surface area contributed by atoms with Gasteiger partial charge in [0, 0.05) is 11.3 Å². The van der Waals surface area contributed by atoms with E-state index in [9.17, 15) is 5.11 Å². The number of phenolic OH excluding ortho intramolecular Hbond substituents is 1. The summed E-state index contributed by atoms with van der Waals surface area (Å²) in [6.45, 7) is 0. The molecular formula is C14H12N2O. The maximum Gasteiger partial charge on any atom is 0.133 e. The molecule has 0 spiro atoms. The molecule has 0 saturated carbocycles. The van der Waals surface area contributed by atoms with E-state index in [2.05, 4.69) is 11.8 Å². The molecule has 0 aliphatic rings. The average Bonchev–Trinajstić information content (AvgIpc) is 2.30. The summed E-state index contributed by atoms with van der Waals surface area (Å²) in [5.74, 6) is 5.81. The monoisotopic (exact) mass is 224 g/mol. The van der Waals surface area contributed by atoms with Crippen molar-refractivity contribution in [2.75, 3.05) is 11.5 Å². The van der Waals surface area contributed by atoms with Crippen LogP contribution in [0.15, 0.2) is 42.5 Å². The van der Waals surface area contributed by atoms with Crippen LogP contribution in [0.1, 0.15) is 11.1 Å². The Bertz CT molecular complexity index is 589. The molecule has 0 saturated heterocycles. The van der Waals surface area contributed by atoms with Gasteiger partial charge in [0.15, 0.2) is 0 Å². The van der Waals surface area contributed by atoms with Crippen LogP contribution < -0.4 is 11.5 Å². The van der Waals surface area contributed by atoms with Gasteiger partial charge in [0.2, 0.25) is 0 Å². The van der Waals surface area contributed by atoms with Gasteiger partial charge in [-0.05, 0) is 24.3 Å². The van der Waals surface area contributed by atoms with Crippen LogP contribution in [-0.4, -0.2) is 5.11 Å². The molecule has 0 unspecified atom stereocenters. The SMILES string of the molecule is Nc1ccccc1C#Cc1c(N)cccc1O. The number of hydrogen-bond acceptors (Lipinski definition) is 3. The van der Waals surface area contributed by atoms with Crippen molar-refractivity contribution >= 4 is 11.4 Å². The van der Waals surface area contributed by atoms with E-state index in [-0.39, 0.29) is 5.75 Å². The van der Waals surface area contributed by atoms with Crippen molar-refractivity contribution in [2.45, 2.75) is 0 Å². The van der Waals surface area contributed by atoms with Crippen LogP contribution in [-0.2, 0) is 0 Å². The lowest BCUT2D eigenvalue weighted by Gasteiger charge is -2.00. The summed E-state index contributed by atoms with van der Waals surface area (Å²) in [6.07, 6.45) is 0. The second-order valence-corrected chi connectivity index (χ2v) is 3.58. The summed E-state index contributed by atoms with van der Waals surface area (Å²) in [5, 5.41) is 9.62. The van der Waals surface area contributed by atoms with Crippen LogP contribution in [0, 0.1) is 11.8 Å². The van der Waals surface area contributed by atoms with Gasteiger partial charge >= 0.3 is 0 Å². The number of rotatable bonds is 0. The lowest BCUT2D eigenvalue weighted by atomic mass is 10.1. The highest BCUT2D eigenvalue weighted by atomic mass is 16.3. The van der Waals surface area contributed by atoms with E-state index >= 15 is 0 Å². The number of benzene rings is 2. The molecule has 3 nitrogen and oxygen atoms in total. The van der Waals surface area contributed by atoms with Gasteiger partial charge in [-0.3, -0.25) is 0 Å². The minimum Gasteiger partial charge on any atom is -0.507 e. The first-order valence-corrected chi connectivity index (χ1v) is 5.12. The van der Waals surface area contributed by atoms with Crippen molar-refractivity contribution in [2.24, 2.45) is 0 Å². The normalized spacial score (nSPS) is 9.41. The average molecular weight is 224 g/mol. The Balaban J connectivity index is 2.44. The van der Waals surface area contributed by atoms with Crippen molar-refractivity contribution in [1.29, 1.82) is 0 Å². The Morgan fingerprint density at radius 1 is 0.824 bits per heavy atom. The van der Waals surface area contributed by atoms with E-state index in [1.165, 1.54) is 0 Å². The van der Waals surface area contributed by atoms with E-state index in [4.69, 9.17) is 11.5 Å². The second-order valence-electron chi connectivity index (χ2n) is 3.58. The van der Waals surface area contributed by atoms with Gasteiger partial charge in [0.25, 0.3) is 0 Å². The lowest BCUT2D eigenvalue weighted by Crippen LogP contribution is -1.91. The fraction of sp³-hybridized carbons (Fsp3) is 0. The van der Waals surface area contributed by atoms with Crippen molar-refractivity contribution in [3.63, 3.8) is 0 Å². The summed E-state index contributed by atoms with van der Waals surface area (Å²) < 4.78 is 0. The minimum absolute atomic E-state index is 0.0759. The first kappa shape index (κ1) is 10.9. The molecule has 17 heavy (non-hydrogen) atoms. The molecule has 2 aromatic rings. The molecule has 0 aliphatic carbocycles. The third kappa shape index (κ3) is 2.32. The van der Waals surface area contributed by atoms with E-state index in [0.717, 1.165) is 5.56 Å². The standard InChI is InChI=1S/C14H12N2O/c15-12-5-2-1-4-10(12)8-9-11-13(16)6-3-7-14(11)17/h1-7,17H,15-16H2. The molecule has 2 rings (SSSR count). The van der Waals surface area contributed by atoms with Gasteiger partial charge in [-0.25, -0.2) is 0 Å². The molecule has 0 aromatic heterocycles. The number of anilines is 2. The predicted molar refractivity (Wildman–Crippen MR) is 69.4 cm³/mol. The minimum atomic E-state index is 0.0759. The van der Waals surface area contributed by atoms with Crippen molar-refractivity contribution in [1.82, 2.24) is 0 Å². The van der Waals surface area contributed by atoms with Gasteiger partial charge in [0.05, 0.1) is 11.3 Å². The zero-order valence-corrected chi connectivity index (χ0v) is 9.14. The molecule has 0 amide bonds. The van der Waals surface area contributed by atoms with Crippen molar-refractivity contribution in [3.8, 4) is 17.6 Å². The number of nitrogen functional groups attached to an aromatic ring is 2. The van der Waals surface area contributed by atoms with E-state index in [1.807, 2.05) is 18.2 Å². The Kier molecular flexibility index (Phi) is 2.89. The Labute approximate surface area is 99.7 Å². The molecule has 2 aromatic carbocycles. The van der Waals surface area contributed by atoms with Crippen LogP contribution in [0.2, 0.25) is 0 Å². The number of hydrogen-bond donors (Lipinski definition) is 3. The third-order valence-electron chi connectivity index (χ3n) is 2.36. The quantitative estimate of drug-likeness (QED) is 0.473. The Morgan fingerprint density at radius 2 is 1.53 bits per heavy atom. The second kappa shape index (κ2) is 4.50. The summed E-state index contributed by atoms with van der Waals surface area (Å²) in [7, 11) is 0. The van der Waals surface area contributed by atoms with Gasteiger partial charge in [-0.15, -0.1) is 0 Å². The van der Waals surface area contributed by atoms with Crippen molar-refractivity contribution in [3.05, 3.63) is 53.6 Å². The Hall–Kier alpha value is -2.60. The molecule has 0 radical (unpaired) electrons. The van der Waals surface area contributed by atoms with Crippen LogP contribution in [0.5, 0.6) is 5.75 Å². The highest BCUT2D eigenvalue weighted by Crippen LogP contribution is 2.21. The Morgan fingerprint density at radius 3 is 2.24 bits per heavy atom. The maximum atomic E-state index is 9.62. The largest absolute Gasteiger partial charge is 0.507 e. The van der Waals surface area contributed by atoms with E-state index in [0.29, 0.717) is 16.9 Å². The zero-order valence-electron chi connectivity index (χ0n) is 9.14. The van der Waals surface area contributed by atoms with Gasteiger partial charge in [-0.2, -0.15) is 0 Å². The van der Waals surface area contributed by atoms with E-state index in [1.54, 1.807) is 24.3 Å². The van der Waals surface area contributed by atoms with Gasteiger partial charge in [-0.1, -0.05) is 30.0 Å². The third-order valence-corrected chi connectivity index (χ3v) is 2.36. The molecule has 0 heterocycles. The predicted octanol–water partition coefficient (Wildman–Crippen LogP) is 1.96. The first-order chi connectivity index (χ1) is 8.18. The van der Waals surface area contributed by atoms with Gasteiger partial charge < -0.3 is 16.6 Å². The zero-order chi connectivity index (χ0) is 12.3. The number of aromatic hydroxyl groups is 1. The van der Waals surface area contributed by atoms with Crippen LogP contribution in [0.3, 0.4) is 0 Å². The molecule has 0 atom stereocenters. The topological polar surface area (TPSA) is 72.3 Å². The van der Waals surface area contributed by atoms with Crippen LogP contribution >= 0.6 is 0 Å². The maximum absolute atomic E-state index is 9.62. The molecule has 84 valence electrons. The molecule has 0 aliphatic heterocycles. The molecule has 0 fully saturated rings. The molecular weight excluding hydrogens is 212 g/mol. The highest BCUT2D eigenvalue weighted by molar-refractivity contribution is 5.65. The summed E-state index contributed by atoms with van der Waals surface area (Å²) in [6, 6.07) is 12.2. The fourth-order valence-corrected chi connectivity index (χ4v) is 1.43. The highest BCUT2D eigenvalue weighted by Gasteiger charge is 2.01. The fourth-order valence-electron chi connectivity index (χ4n) is 1.43. The van der Waals surface area contributed by atoms with Crippen molar-refractivity contribution < 1.29 is 5.11 Å². The number of para-hydroxylation sites is 1. The summed E-state index contributed by atoms with van der Waals surface area (Å²) in [5.41, 5.74) is 13.7. The molecule has 3 heteroatoms.